The van der Waals surface area contributed by atoms with E-state index in [9.17, 15) is 22.8 Å². The summed E-state index contributed by atoms with van der Waals surface area (Å²) in [6.45, 7) is -1.96. The van der Waals surface area contributed by atoms with Crippen molar-refractivity contribution in [2.75, 3.05) is 27.2 Å². The van der Waals surface area contributed by atoms with E-state index in [0.717, 1.165) is 24.0 Å². The van der Waals surface area contributed by atoms with Crippen molar-refractivity contribution in [2.24, 2.45) is 0 Å². The van der Waals surface area contributed by atoms with Gasteiger partial charge in [0.2, 0.25) is 11.8 Å². The molecule has 1 aromatic carbocycles. The van der Waals surface area contributed by atoms with Gasteiger partial charge in [-0.05, 0) is 29.9 Å². The van der Waals surface area contributed by atoms with E-state index in [2.05, 4.69) is 0 Å². The number of aryl methyl sites for hydroxylation is 1. The molecule has 0 saturated carbocycles. The average Bonchev–Trinajstić information content (AvgIpc) is 2.88. The maximum atomic E-state index is 12.8. The van der Waals surface area contributed by atoms with Crippen molar-refractivity contribution < 1.29 is 22.8 Å². The van der Waals surface area contributed by atoms with Crippen LogP contribution >= 0.6 is 0 Å². The predicted molar refractivity (Wildman–Crippen MR) is 83.5 cm³/mol. The Balaban J connectivity index is 2.09. The van der Waals surface area contributed by atoms with Crippen molar-refractivity contribution in [1.82, 2.24) is 9.80 Å². The number of hydrogen-bond acceptors (Lipinski definition) is 2. The van der Waals surface area contributed by atoms with Crippen LogP contribution in [0.25, 0.3) is 0 Å². The van der Waals surface area contributed by atoms with Crippen molar-refractivity contribution in [2.45, 2.75) is 31.4 Å². The van der Waals surface area contributed by atoms with Gasteiger partial charge in [-0.1, -0.05) is 24.3 Å². The Morgan fingerprint density at radius 1 is 1.17 bits per heavy atom. The zero-order valence-electron chi connectivity index (χ0n) is 13.8. The number of likely N-dealkylation sites (N-methyl/N-ethyl adjacent to an activating group) is 1. The first-order valence-electron chi connectivity index (χ1n) is 7.80. The number of alkyl halides is 3. The summed E-state index contributed by atoms with van der Waals surface area (Å²) in [7, 11) is 2.90. The zero-order valence-corrected chi connectivity index (χ0v) is 13.8. The summed E-state index contributed by atoms with van der Waals surface area (Å²) >= 11 is 0. The number of hydrogen-bond donors (Lipinski definition) is 0. The number of amides is 2. The number of fused-ring (bicyclic) bond motifs is 1. The second-order valence-electron chi connectivity index (χ2n) is 6.29. The Kier molecular flexibility index (Phi) is 5.51. The van der Waals surface area contributed by atoms with Gasteiger partial charge in [-0.15, -0.1) is 0 Å². The lowest BCUT2D eigenvalue weighted by atomic mass is 9.97. The van der Waals surface area contributed by atoms with Gasteiger partial charge in [0.1, 0.15) is 13.1 Å². The van der Waals surface area contributed by atoms with E-state index < -0.39 is 31.1 Å². The van der Waals surface area contributed by atoms with E-state index >= 15 is 0 Å². The molecule has 0 heterocycles. The molecule has 0 N–H and O–H groups in total. The predicted octanol–water partition coefficient (Wildman–Crippen LogP) is 2.59. The number of rotatable bonds is 5. The second-order valence-corrected chi connectivity index (χ2v) is 6.29. The van der Waals surface area contributed by atoms with Crippen LogP contribution in [-0.2, 0) is 16.0 Å². The van der Waals surface area contributed by atoms with Crippen molar-refractivity contribution >= 4 is 11.8 Å². The van der Waals surface area contributed by atoms with Gasteiger partial charge in [0.25, 0.3) is 0 Å². The molecule has 1 aliphatic rings. The second kappa shape index (κ2) is 7.23. The maximum Gasteiger partial charge on any atom is 0.406 e. The average molecular weight is 342 g/mol. The molecular weight excluding hydrogens is 321 g/mol. The first-order chi connectivity index (χ1) is 11.2. The van der Waals surface area contributed by atoms with Crippen LogP contribution in [0.3, 0.4) is 0 Å². The third-order valence-electron chi connectivity index (χ3n) is 4.23. The lowest BCUT2D eigenvalue weighted by Gasteiger charge is -2.26. The molecule has 7 heteroatoms. The standard InChI is InChI=1S/C17H21F3N2O2/c1-21(2)16(24)10-22(11-17(18,19)20)15(23)9-13-8-7-12-5-3-4-6-14(12)13/h3-6,13H,7-11H2,1-2H3/t13-/m0/s1. The van der Waals surface area contributed by atoms with Crippen LogP contribution in [-0.4, -0.2) is 55.0 Å². The molecule has 4 nitrogen and oxygen atoms in total. The van der Waals surface area contributed by atoms with E-state index in [4.69, 9.17) is 0 Å². The minimum absolute atomic E-state index is 0.00615. The molecule has 0 radical (unpaired) electrons. The molecule has 0 fully saturated rings. The monoisotopic (exact) mass is 342 g/mol. The molecule has 0 aromatic heterocycles. The van der Waals surface area contributed by atoms with Gasteiger partial charge in [0, 0.05) is 20.5 Å². The molecule has 0 spiro atoms. The third-order valence-corrected chi connectivity index (χ3v) is 4.23. The molecule has 0 bridgehead atoms. The third kappa shape index (κ3) is 4.72. The van der Waals surface area contributed by atoms with Gasteiger partial charge >= 0.3 is 6.18 Å². The highest BCUT2D eigenvalue weighted by Crippen LogP contribution is 2.35. The molecule has 0 saturated heterocycles. The fourth-order valence-electron chi connectivity index (χ4n) is 2.95. The highest BCUT2D eigenvalue weighted by Gasteiger charge is 2.35. The lowest BCUT2D eigenvalue weighted by molar-refractivity contribution is -0.164. The molecule has 24 heavy (non-hydrogen) atoms. The number of nitrogens with zero attached hydrogens (tertiary/aromatic N) is 2. The summed E-state index contributed by atoms with van der Waals surface area (Å²) < 4.78 is 38.3. The fraction of sp³-hybridized carbons (Fsp3) is 0.529. The Labute approximate surface area is 139 Å². The van der Waals surface area contributed by atoms with Crippen LogP contribution in [0.2, 0.25) is 0 Å². The number of carbonyl (C=O) groups excluding carboxylic acids is 2. The molecule has 1 aromatic rings. The number of benzene rings is 1. The quantitative estimate of drug-likeness (QED) is 0.825. The van der Waals surface area contributed by atoms with Crippen LogP contribution in [0.4, 0.5) is 13.2 Å². The summed E-state index contributed by atoms with van der Waals surface area (Å²) in [5, 5.41) is 0. The molecule has 2 rings (SSSR count). The molecule has 132 valence electrons. The van der Waals surface area contributed by atoms with Crippen LogP contribution in [0, 0.1) is 0 Å². The van der Waals surface area contributed by atoms with E-state index in [1.54, 1.807) is 0 Å². The summed E-state index contributed by atoms with van der Waals surface area (Å²) in [6, 6.07) is 7.67. The fourth-order valence-corrected chi connectivity index (χ4v) is 2.95. The van der Waals surface area contributed by atoms with Crippen molar-refractivity contribution in [1.29, 1.82) is 0 Å². The van der Waals surface area contributed by atoms with Crippen molar-refractivity contribution in [3.8, 4) is 0 Å². The Hall–Kier alpha value is -2.05. The van der Waals surface area contributed by atoms with E-state index in [0.29, 0.717) is 4.90 Å². The van der Waals surface area contributed by atoms with E-state index in [-0.39, 0.29) is 12.3 Å². The van der Waals surface area contributed by atoms with E-state index in [1.165, 1.54) is 19.0 Å². The summed E-state index contributed by atoms with van der Waals surface area (Å²) in [6.07, 6.45) is -2.97. The van der Waals surface area contributed by atoms with Gasteiger partial charge in [-0.25, -0.2) is 0 Å². The molecule has 1 atom stereocenters. The van der Waals surface area contributed by atoms with Gasteiger partial charge in [0.15, 0.2) is 0 Å². The van der Waals surface area contributed by atoms with E-state index in [1.807, 2.05) is 24.3 Å². The molecule has 0 unspecified atom stereocenters. The first kappa shape index (κ1) is 18.3. The molecular formula is C17H21F3N2O2. The number of carbonyl (C=O) groups is 2. The molecule has 0 aliphatic heterocycles. The topological polar surface area (TPSA) is 40.6 Å². The van der Waals surface area contributed by atoms with Crippen molar-refractivity contribution in [3.05, 3.63) is 35.4 Å². The Morgan fingerprint density at radius 2 is 1.83 bits per heavy atom. The van der Waals surface area contributed by atoms with Crippen LogP contribution in [0.15, 0.2) is 24.3 Å². The minimum Gasteiger partial charge on any atom is -0.347 e. The van der Waals surface area contributed by atoms with Gasteiger partial charge < -0.3 is 9.80 Å². The summed E-state index contributed by atoms with van der Waals surface area (Å²) in [5.74, 6) is -1.25. The largest absolute Gasteiger partial charge is 0.406 e. The van der Waals surface area contributed by atoms with Crippen LogP contribution in [0.5, 0.6) is 0 Å². The maximum absolute atomic E-state index is 12.8. The Bertz CT molecular complexity index is 614. The summed E-state index contributed by atoms with van der Waals surface area (Å²) in [4.78, 5) is 25.9. The number of halogens is 3. The minimum atomic E-state index is -4.53. The SMILES string of the molecule is CN(C)C(=O)CN(CC(F)(F)F)C(=O)C[C@@H]1CCc2ccccc21. The smallest absolute Gasteiger partial charge is 0.347 e. The zero-order chi connectivity index (χ0) is 17.9. The van der Waals surface area contributed by atoms with Crippen LogP contribution < -0.4 is 0 Å². The van der Waals surface area contributed by atoms with Gasteiger partial charge in [0.05, 0.1) is 0 Å². The lowest BCUT2D eigenvalue weighted by Crippen LogP contribution is -2.45. The van der Waals surface area contributed by atoms with Crippen molar-refractivity contribution in [3.63, 3.8) is 0 Å². The van der Waals surface area contributed by atoms with Crippen LogP contribution in [0.1, 0.15) is 29.9 Å². The molecule has 2 amide bonds. The highest BCUT2D eigenvalue weighted by molar-refractivity contribution is 5.85. The normalized spacial score (nSPS) is 16.6. The summed E-state index contributed by atoms with van der Waals surface area (Å²) in [5.41, 5.74) is 2.17. The highest BCUT2D eigenvalue weighted by atomic mass is 19.4. The van der Waals surface area contributed by atoms with Gasteiger partial charge in [-0.3, -0.25) is 9.59 Å². The Morgan fingerprint density at radius 3 is 2.46 bits per heavy atom. The first-order valence-corrected chi connectivity index (χ1v) is 7.80. The molecule has 1 aliphatic carbocycles. The van der Waals surface area contributed by atoms with Gasteiger partial charge in [-0.2, -0.15) is 13.2 Å².